The molecule has 0 aliphatic heterocycles. The standard InChI is InChI=1S/C23H16N2O2S3/c24-13-18-17(20-3-1-9-28-20)12-19(21-4-2-10-29-21)25-23(18)30-14-16-7-5-15(6-8-16)11-22(26)27/h1-10,12H,11,14H2,(H,26,27). The fourth-order valence-electron chi connectivity index (χ4n) is 2.99. The molecule has 3 aromatic heterocycles. The van der Waals surface area contributed by atoms with E-state index in [4.69, 9.17) is 10.1 Å². The molecule has 4 rings (SSSR count). The summed E-state index contributed by atoms with van der Waals surface area (Å²) in [6, 6.07) is 19.9. The van der Waals surface area contributed by atoms with Gasteiger partial charge in [0.15, 0.2) is 0 Å². The van der Waals surface area contributed by atoms with Gasteiger partial charge >= 0.3 is 5.97 Å². The number of aliphatic carboxylic acids is 1. The van der Waals surface area contributed by atoms with E-state index < -0.39 is 5.97 Å². The first kappa shape index (κ1) is 20.4. The average Bonchev–Trinajstić information content (AvgIpc) is 3.46. The smallest absolute Gasteiger partial charge is 0.307 e. The number of carboxylic acid groups (broad SMARTS) is 1. The lowest BCUT2D eigenvalue weighted by molar-refractivity contribution is -0.136. The minimum absolute atomic E-state index is 0.0145. The molecule has 0 atom stereocenters. The van der Waals surface area contributed by atoms with E-state index in [-0.39, 0.29) is 6.42 Å². The summed E-state index contributed by atoms with van der Waals surface area (Å²) >= 11 is 4.76. The van der Waals surface area contributed by atoms with Crippen LogP contribution in [0, 0.1) is 11.3 Å². The van der Waals surface area contributed by atoms with Crippen LogP contribution in [0.4, 0.5) is 0 Å². The zero-order chi connectivity index (χ0) is 20.9. The third-order valence-corrected chi connectivity index (χ3v) is 7.25. The second-order valence-electron chi connectivity index (χ2n) is 6.48. The molecule has 4 nitrogen and oxygen atoms in total. The number of carboxylic acids is 1. The van der Waals surface area contributed by atoms with Crippen molar-refractivity contribution in [2.75, 3.05) is 0 Å². The van der Waals surface area contributed by atoms with Crippen molar-refractivity contribution >= 4 is 40.4 Å². The Labute approximate surface area is 186 Å². The molecule has 0 saturated carbocycles. The van der Waals surface area contributed by atoms with Gasteiger partial charge in [-0.3, -0.25) is 4.79 Å². The third kappa shape index (κ3) is 4.62. The van der Waals surface area contributed by atoms with Crippen molar-refractivity contribution in [2.45, 2.75) is 17.2 Å². The Morgan fingerprint density at radius 1 is 1.03 bits per heavy atom. The van der Waals surface area contributed by atoms with Crippen molar-refractivity contribution in [2.24, 2.45) is 0 Å². The summed E-state index contributed by atoms with van der Waals surface area (Å²) in [7, 11) is 0. The van der Waals surface area contributed by atoms with Crippen LogP contribution in [0.1, 0.15) is 16.7 Å². The third-order valence-electron chi connectivity index (χ3n) is 4.41. The molecule has 0 fully saturated rings. The number of hydrogen-bond donors (Lipinski definition) is 1. The lowest BCUT2D eigenvalue weighted by Crippen LogP contribution is -1.99. The molecule has 0 aliphatic rings. The fourth-order valence-corrected chi connectivity index (χ4v) is 5.38. The first-order chi connectivity index (χ1) is 14.6. The normalized spacial score (nSPS) is 10.6. The summed E-state index contributed by atoms with van der Waals surface area (Å²) < 4.78 is 0. The molecule has 4 aromatic rings. The van der Waals surface area contributed by atoms with Crippen molar-refractivity contribution in [3.05, 3.63) is 82.0 Å². The number of hydrogen-bond acceptors (Lipinski definition) is 6. The molecule has 1 N–H and O–H groups in total. The van der Waals surface area contributed by atoms with Gasteiger partial charge in [0.25, 0.3) is 0 Å². The van der Waals surface area contributed by atoms with Gasteiger partial charge in [-0.1, -0.05) is 36.4 Å². The van der Waals surface area contributed by atoms with E-state index >= 15 is 0 Å². The topological polar surface area (TPSA) is 74.0 Å². The van der Waals surface area contributed by atoms with Crippen LogP contribution >= 0.6 is 34.4 Å². The summed E-state index contributed by atoms with van der Waals surface area (Å²) in [6.45, 7) is 0. The predicted octanol–water partition coefficient (Wildman–Crippen LogP) is 6.33. The van der Waals surface area contributed by atoms with Gasteiger partial charge in [0.2, 0.25) is 0 Å². The molecule has 0 radical (unpaired) electrons. The average molecular weight is 449 g/mol. The Morgan fingerprint density at radius 3 is 2.30 bits per heavy atom. The van der Waals surface area contributed by atoms with Gasteiger partial charge in [-0.05, 0) is 40.1 Å². The molecule has 30 heavy (non-hydrogen) atoms. The molecule has 1 aromatic carbocycles. The van der Waals surface area contributed by atoms with E-state index in [1.807, 2.05) is 65.4 Å². The minimum Gasteiger partial charge on any atom is -0.481 e. The predicted molar refractivity (Wildman–Crippen MR) is 123 cm³/mol. The molecule has 0 amide bonds. The molecule has 0 unspecified atom stereocenters. The van der Waals surface area contributed by atoms with Crippen LogP contribution in [-0.4, -0.2) is 16.1 Å². The van der Waals surface area contributed by atoms with Crippen molar-refractivity contribution in [3.8, 4) is 27.1 Å². The van der Waals surface area contributed by atoms with Gasteiger partial charge in [-0.2, -0.15) is 5.26 Å². The van der Waals surface area contributed by atoms with Crippen molar-refractivity contribution in [1.82, 2.24) is 4.98 Å². The zero-order valence-electron chi connectivity index (χ0n) is 15.7. The van der Waals surface area contributed by atoms with Crippen LogP contribution in [0.25, 0.3) is 21.0 Å². The van der Waals surface area contributed by atoms with Gasteiger partial charge in [0.1, 0.15) is 11.1 Å². The highest BCUT2D eigenvalue weighted by Gasteiger charge is 2.17. The molecule has 0 aliphatic carbocycles. The van der Waals surface area contributed by atoms with Gasteiger partial charge in [0, 0.05) is 16.2 Å². The number of carbonyl (C=O) groups is 1. The molecular formula is C23H16N2O2S3. The summed E-state index contributed by atoms with van der Waals surface area (Å²) in [4.78, 5) is 17.8. The number of nitrogens with zero attached hydrogens (tertiary/aromatic N) is 2. The highest BCUT2D eigenvalue weighted by Crippen LogP contribution is 2.37. The van der Waals surface area contributed by atoms with Crippen LogP contribution in [0.2, 0.25) is 0 Å². The maximum atomic E-state index is 10.9. The maximum absolute atomic E-state index is 10.9. The van der Waals surface area contributed by atoms with Crippen LogP contribution in [0.5, 0.6) is 0 Å². The van der Waals surface area contributed by atoms with Gasteiger partial charge in [-0.15, -0.1) is 34.4 Å². The van der Waals surface area contributed by atoms with E-state index in [1.54, 1.807) is 22.7 Å². The lowest BCUT2D eigenvalue weighted by Gasteiger charge is -2.11. The zero-order valence-corrected chi connectivity index (χ0v) is 18.2. The summed E-state index contributed by atoms with van der Waals surface area (Å²) in [6.07, 6.45) is 0.0145. The molecule has 148 valence electrons. The van der Waals surface area contributed by atoms with Crippen molar-refractivity contribution < 1.29 is 9.90 Å². The molecule has 0 bridgehead atoms. The van der Waals surface area contributed by atoms with Crippen LogP contribution in [-0.2, 0) is 17.0 Å². The number of benzene rings is 1. The minimum atomic E-state index is -0.841. The Kier molecular flexibility index (Phi) is 6.29. The van der Waals surface area contributed by atoms with Crippen LogP contribution in [0.3, 0.4) is 0 Å². The van der Waals surface area contributed by atoms with E-state index in [0.717, 1.165) is 32.1 Å². The van der Waals surface area contributed by atoms with Crippen LogP contribution < -0.4 is 0 Å². The molecule has 7 heteroatoms. The summed E-state index contributed by atoms with van der Waals surface area (Å²) in [5.74, 6) is -0.196. The number of pyridine rings is 1. The van der Waals surface area contributed by atoms with E-state index in [2.05, 4.69) is 6.07 Å². The maximum Gasteiger partial charge on any atom is 0.307 e. The molecular weight excluding hydrogens is 432 g/mol. The lowest BCUT2D eigenvalue weighted by atomic mass is 10.1. The number of nitriles is 1. The Hall–Kier alpha value is -2.92. The number of thioether (sulfide) groups is 1. The van der Waals surface area contributed by atoms with Crippen molar-refractivity contribution in [3.63, 3.8) is 0 Å². The monoisotopic (exact) mass is 448 g/mol. The molecule has 0 spiro atoms. The molecule has 0 saturated heterocycles. The largest absolute Gasteiger partial charge is 0.481 e. The number of rotatable bonds is 7. The first-order valence-corrected chi connectivity index (χ1v) is 11.8. The quantitative estimate of drug-likeness (QED) is 0.334. The van der Waals surface area contributed by atoms with Gasteiger partial charge in [-0.25, -0.2) is 4.98 Å². The molecule has 3 heterocycles. The SMILES string of the molecule is N#Cc1c(-c2cccs2)cc(-c2cccs2)nc1SCc1ccc(CC(=O)O)cc1. The van der Waals surface area contributed by atoms with Crippen molar-refractivity contribution in [1.29, 1.82) is 5.26 Å². The summed E-state index contributed by atoms with van der Waals surface area (Å²) in [5, 5.41) is 23.5. The second-order valence-corrected chi connectivity index (χ2v) is 9.34. The Bertz CT molecular complexity index is 1190. The van der Waals surface area contributed by atoms with E-state index in [9.17, 15) is 10.1 Å². The summed E-state index contributed by atoms with van der Waals surface area (Å²) in [5.41, 5.74) is 4.19. The van der Waals surface area contributed by atoms with E-state index in [1.165, 1.54) is 11.8 Å². The highest BCUT2D eigenvalue weighted by molar-refractivity contribution is 7.98. The van der Waals surface area contributed by atoms with Gasteiger partial charge in [0.05, 0.1) is 22.6 Å². The van der Waals surface area contributed by atoms with Gasteiger partial charge < -0.3 is 5.11 Å². The second kappa shape index (κ2) is 9.26. The number of aromatic nitrogens is 1. The Morgan fingerprint density at radius 2 is 1.70 bits per heavy atom. The van der Waals surface area contributed by atoms with E-state index in [0.29, 0.717) is 16.3 Å². The fraction of sp³-hybridized carbons (Fsp3) is 0.0870. The van der Waals surface area contributed by atoms with Crippen LogP contribution in [0.15, 0.2) is 70.4 Å². The Balaban J connectivity index is 1.66. The first-order valence-electron chi connectivity index (χ1n) is 9.09. The highest BCUT2D eigenvalue weighted by atomic mass is 32.2. The number of thiophene rings is 2.